The number of benzene rings is 2. The molecule has 0 aliphatic rings. The second-order valence-electron chi connectivity index (χ2n) is 5.94. The number of rotatable bonds is 8. The number of ether oxygens (including phenoxy) is 2. The van der Waals surface area contributed by atoms with E-state index in [4.69, 9.17) is 9.47 Å². The summed E-state index contributed by atoms with van der Waals surface area (Å²) in [7, 11) is 0. The van der Waals surface area contributed by atoms with Gasteiger partial charge in [0, 0.05) is 5.69 Å². The summed E-state index contributed by atoms with van der Waals surface area (Å²) in [5.41, 5.74) is 2.06. The highest BCUT2D eigenvalue weighted by Crippen LogP contribution is 2.21. The lowest BCUT2D eigenvalue weighted by atomic mass is 10.0. The molecule has 1 amide bonds. The maximum absolute atomic E-state index is 12.1. The Balaban J connectivity index is 1.95. The summed E-state index contributed by atoms with van der Waals surface area (Å²) in [4.78, 5) is 23.3. The van der Waals surface area contributed by atoms with E-state index in [2.05, 4.69) is 5.32 Å². The molecule has 0 atom stereocenters. The van der Waals surface area contributed by atoms with Gasteiger partial charge in [-0.15, -0.1) is 0 Å². The number of hydrogen-bond donors (Lipinski definition) is 2. The first-order chi connectivity index (χ1) is 12.4. The van der Waals surface area contributed by atoms with Crippen LogP contribution in [0.3, 0.4) is 0 Å². The number of amides is 1. The molecule has 0 saturated carbocycles. The first-order valence-electron chi connectivity index (χ1n) is 8.40. The summed E-state index contributed by atoms with van der Waals surface area (Å²) in [6.07, 6.45) is 0.931. The van der Waals surface area contributed by atoms with E-state index in [-0.39, 0.29) is 18.1 Å². The van der Waals surface area contributed by atoms with Crippen LogP contribution in [0.15, 0.2) is 36.4 Å². The van der Waals surface area contributed by atoms with Gasteiger partial charge >= 0.3 is 5.97 Å². The summed E-state index contributed by atoms with van der Waals surface area (Å²) in [6, 6.07) is 10.2. The molecular weight excluding hydrogens is 334 g/mol. The van der Waals surface area contributed by atoms with Crippen LogP contribution in [0.25, 0.3) is 0 Å². The Bertz CT molecular complexity index is 784. The molecule has 0 unspecified atom stereocenters. The lowest BCUT2D eigenvalue weighted by molar-refractivity contribution is -0.118. The van der Waals surface area contributed by atoms with Crippen LogP contribution in [-0.2, 0) is 4.79 Å². The minimum atomic E-state index is -1.03. The van der Waals surface area contributed by atoms with Gasteiger partial charge in [0.05, 0.1) is 12.2 Å². The van der Waals surface area contributed by atoms with E-state index < -0.39 is 5.97 Å². The van der Waals surface area contributed by atoms with Crippen molar-refractivity contribution in [2.75, 3.05) is 18.5 Å². The lowest BCUT2D eigenvalue weighted by Gasteiger charge is -2.12. The molecule has 6 heteroatoms. The van der Waals surface area contributed by atoms with Crippen LogP contribution < -0.4 is 14.8 Å². The van der Waals surface area contributed by atoms with Gasteiger partial charge in [0.25, 0.3) is 5.91 Å². The smallest absolute Gasteiger partial charge is 0.336 e. The van der Waals surface area contributed by atoms with E-state index in [0.29, 0.717) is 23.6 Å². The molecule has 6 nitrogen and oxygen atoms in total. The standard InChI is InChI=1S/C20H23NO5/c1-4-9-25-15-5-7-16(8-6-15)26-12-19(22)21-18-11-17(20(23)24)13(2)10-14(18)3/h5-8,10-11H,4,9,12H2,1-3H3,(H,21,22)(H,23,24). The fraction of sp³-hybridized carbons (Fsp3) is 0.300. The Morgan fingerprint density at radius 3 is 2.19 bits per heavy atom. The molecule has 2 aromatic carbocycles. The minimum absolute atomic E-state index is 0.162. The first kappa shape index (κ1) is 19.3. The number of aromatic carboxylic acids is 1. The molecular formula is C20H23NO5. The molecule has 0 aliphatic carbocycles. The van der Waals surface area contributed by atoms with E-state index in [1.165, 1.54) is 6.07 Å². The molecule has 0 heterocycles. The van der Waals surface area contributed by atoms with E-state index in [1.807, 2.05) is 13.8 Å². The van der Waals surface area contributed by atoms with Crippen molar-refractivity contribution in [2.24, 2.45) is 0 Å². The van der Waals surface area contributed by atoms with E-state index in [0.717, 1.165) is 17.7 Å². The Labute approximate surface area is 152 Å². The molecule has 2 aromatic rings. The van der Waals surface area contributed by atoms with Crippen LogP contribution >= 0.6 is 0 Å². The Kier molecular flexibility index (Phi) is 6.60. The molecule has 0 bridgehead atoms. The predicted octanol–water partition coefficient (Wildman–Crippen LogP) is 3.81. The number of carboxylic acid groups (broad SMARTS) is 1. The number of carbonyl (C=O) groups excluding carboxylic acids is 1. The van der Waals surface area contributed by atoms with Crippen LogP contribution in [0.1, 0.15) is 34.8 Å². The second-order valence-corrected chi connectivity index (χ2v) is 5.94. The summed E-state index contributed by atoms with van der Waals surface area (Å²) in [6.45, 7) is 6.04. The van der Waals surface area contributed by atoms with Crippen molar-refractivity contribution in [3.8, 4) is 11.5 Å². The summed E-state index contributed by atoms with van der Waals surface area (Å²) in [5, 5.41) is 11.9. The van der Waals surface area contributed by atoms with Crippen molar-refractivity contribution in [2.45, 2.75) is 27.2 Å². The molecule has 2 rings (SSSR count). The van der Waals surface area contributed by atoms with Crippen LogP contribution in [-0.4, -0.2) is 30.2 Å². The third-order valence-electron chi connectivity index (χ3n) is 3.74. The van der Waals surface area contributed by atoms with Crippen molar-refractivity contribution >= 4 is 17.6 Å². The quantitative estimate of drug-likeness (QED) is 0.750. The van der Waals surface area contributed by atoms with Crippen molar-refractivity contribution in [1.82, 2.24) is 0 Å². The van der Waals surface area contributed by atoms with Gasteiger partial charge in [-0.3, -0.25) is 4.79 Å². The highest BCUT2D eigenvalue weighted by atomic mass is 16.5. The van der Waals surface area contributed by atoms with Crippen molar-refractivity contribution in [3.63, 3.8) is 0 Å². The van der Waals surface area contributed by atoms with Gasteiger partial charge in [-0.25, -0.2) is 4.79 Å². The molecule has 0 aliphatic heterocycles. The average molecular weight is 357 g/mol. The number of nitrogens with one attached hydrogen (secondary N) is 1. The molecule has 0 radical (unpaired) electrons. The highest BCUT2D eigenvalue weighted by molar-refractivity contribution is 5.96. The van der Waals surface area contributed by atoms with E-state index >= 15 is 0 Å². The van der Waals surface area contributed by atoms with Gasteiger partial charge in [-0.2, -0.15) is 0 Å². The molecule has 0 fully saturated rings. The topological polar surface area (TPSA) is 84.9 Å². The maximum atomic E-state index is 12.1. The predicted molar refractivity (Wildman–Crippen MR) is 99.2 cm³/mol. The van der Waals surface area contributed by atoms with Gasteiger partial charge in [0.1, 0.15) is 11.5 Å². The molecule has 0 aromatic heterocycles. The largest absolute Gasteiger partial charge is 0.494 e. The van der Waals surface area contributed by atoms with E-state index in [9.17, 15) is 14.7 Å². The van der Waals surface area contributed by atoms with Crippen LogP contribution in [0.4, 0.5) is 5.69 Å². The second kappa shape index (κ2) is 8.89. The van der Waals surface area contributed by atoms with Crippen molar-refractivity contribution in [3.05, 3.63) is 53.1 Å². The summed E-state index contributed by atoms with van der Waals surface area (Å²) >= 11 is 0. The molecule has 0 spiro atoms. The van der Waals surface area contributed by atoms with Crippen LogP contribution in [0, 0.1) is 13.8 Å². The Morgan fingerprint density at radius 1 is 1.00 bits per heavy atom. The zero-order valence-corrected chi connectivity index (χ0v) is 15.2. The lowest BCUT2D eigenvalue weighted by Crippen LogP contribution is -2.21. The zero-order chi connectivity index (χ0) is 19.1. The Morgan fingerprint density at radius 2 is 1.62 bits per heavy atom. The molecule has 138 valence electrons. The number of anilines is 1. The average Bonchev–Trinajstić information content (AvgIpc) is 2.61. The van der Waals surface area contributed by atoms with Crippen molar-refractivity contribution in [1.29, 1.82) is 0 Å². The van der Waals surface area contributed by atoms with Gasteiger partial charge in [0.2, 0.25) is 0 Å². The number of hydrogen-bond acceptors (Lipinski definition) is 4. The third kappa shape index (κ3) is 5.24. The van der Waals surface area contributed by atoms with E-state index in [1.54, 1.807) is 37.3 Å². The van der Waals surface area contributed by atoms with Crippen molar-refractivity contribution < 1.29 is 24.2 Å². The maximum Gasteiger partial charge on any atom is 0.336 e. The number of carboxylic acids is 1. The molecule has 26 heavy (non-hydrogen) atoms. The normalized spacial score (nSPS) is 10.3. The van der Waals surface area contributed by atoms with Gasteiger partial charge in [0.15, 0.2) is 6.61 Å². The number of aryl methyl sites for hydroxylation is 2. The minimum Gasteiger partial charge on any atom is -0.494 e. The van der Waals surface area contributed by atoms with Gasteiger partial charge in [-0.05, 0) is 61.7 Å². The van der Waals surface area contributed by atoms with Crippen LogP contribution in [0.2, 0.25) is 0 Å². The SMILES string of the molecule is CCCOc1ccc(OCC(=O)Nc2cc(C(=O)O)c(C)cc2C)cc1. The Hall–Kier alpha value is -3.02. The molecule has 2 N–H and O–H groups in total. The third-order valence-corrected chi connectivity index (χ3v) is 3.74. The van der Waals surface area contributed by atoms with Gasteiger partial charge in [-0.1, -0.05) is 13.0 Å². The first-order valence-corrected chi connectivity index (χ1v) is 8.40. The zero-order valence-electron chi connectivity index (χ0n) is 15.2. The van der Waals surface area contributed by atoms with Crippen LogP contribution in [0.5, 0.6) is 11.5 Å². The monoisotopic (exact) mass is 357 g/mol. The summed E-state index contributed by atoms with van der Waals surface area (Å²) in [5.74, 6) is -0.0878. The fourth-order valence-electron chi connectivity index (χ4n) is 2.40. The highest BCUT2D eigenvalue weighted by Gasteiger charge is 2.12. The summed E-state index contributed by atoms with van der Waals surface area (Å²) < 4.78 is 10.9. The van der Waals surface area contributed by atoms with Gasteiger partial charge < -0.3 is 19.9 Å². The number of carbonyl (C=O) groups is 2. The molecule has 0 saturated heterocycles. The fourth-order valence-corrected chi connectivity index (χ4v) is 2.40.